The van der Waals surface area contributed by atoms with E-state index in [4.69, 9.17) is 5.26 Å². The summed E-state index contributed by atoms with van der Waals surface area (Å²) in [7, 11) is 0. The predicted octanol–water partition coefficient (Wildman–Crippen LogP) is 1.95. The van der Waals surface area contributed by atoms with Gasteiger partial charge in [0, 0.05) is 12.1 Å². The van der Waals surface area contributed by atoms with Gasteiger partial charge in [0.2, 0.25) is 0 Å². The molecule has 15 heavy (non-hydrogen) atoms. The zero-order valence-electron chi connectivity index (χ0n) is 9.00. The Kier molecular flexibility index (Phi) is 3.87. The van der Waals surface area contributed by atoms with Crippen molar-refractivity contribution in [2.75, 3.05) is 6.54 Å². The van der Waals surface area contributed by atoms with Gasteiger partial charge in [-0.1, -0.05) is 18.2 Å². The van der Waals surface area contributed by atoms with Gasteiger partial charge in [0.15, 0.2) is 0 Å². The van der Waals surface area contributed by atoms with Crippen molar-refractivity contribution in [3.63, 3.8) is 0 Å². The highest BCUT2D eigenvalue weighted by molar-refractivity contribution is 5.97. The number of nitrogens with one attached hydrogen (secondary N) is 1. The lowest BCUT2D eigenvalue weighted by molar-refractivity contribution is 0.0953. The molecular formula is C12H14N2O. The fraction of sp³-hybridized carbons (Fsp3) is 0.333. The van der Waals surface area contributed by atoms with Crippen LogP contribution in [0.2, 0.25) is 0 Å². The Bertz CT molecular complexity index is 384. The van der Waals surface area contributed by atoms with Gasteiger partial charge in [-0.2, -0.15) is 5.26 Å². The maximum Gasteiger partial charge on any atom is 0.251 e. The first kappa shape index (κ1) is 11.3. The lowest BCUT2D eigenvalue weighted by Gasteiger charge is -2.08. The van der Waals surface area contributed by atoms with Crippen molar-refractivity contribution in [2.24, 2.45) is 0 Å². The van der Waals surface area contributed by atoms with Crippen molar-refractivity contribution in [2.45, 2.75) is 20.3 Å². The number of nitriles is 1. The molecule has 0 aromatic heterocycles. The molecule has 0 atom stereocenters. The highest BCUT2D eigenvalue weighted by Crippen LogP contribution is 2.12. The number of carbonyl (C=O) groups is 1. The fourth-order valence-electron chi connectivity index (χ4n) is 1.49. The summed E-state index contributed by atoms with van der Waals surface area (Å²) in [6.45, 7) is 4.22. The molecule has 0 heterocycles. The van der Waals surface area contributed by atoms with Crippen LogP contribution >= 0.6 is 0 Å². The Hall–Kier alpha value is -1.82. The second-order valence-electron chi connectivity index (χ2n) is 3.43. The third kappa shape index (κ3) is 2.81. The molecule has 3 nitrogen and oxygen atoms in total. The number of nitrogens with zero attached hydrogens (tertiary/aromatic N) is 1. The number of hydrogen-bond donors (Lipinski definition) is 1. The van der Waals surface area contributed by atoms with Crippen LogP contribution in [0.5, 0.6) is 0 Å². The first-order chi connectivity index (χ1) is 7.16. The third-order valence-corrected chi connectivity index (χ3v) is 2.23. The van der Waals surface area contributed by atoms with Crippen molar-refractivity contribution in [1.29, 1.82) is 5.26 Å². The number of hydrogen-bond acceptors (Lipinski definition) is 2. The van der Waals surface area contributed by atoms with Crippen LogP contribution in [0.15, 0.2) is 18.2 Å². The van der Waals surface area contributed by atoms with Crippen molar-refractivity contribution >= 4 is 5.91 Å². The number of carbonyl (C=O) groups excluding carboxylic acids is 1. The smallest absolute Gasteiger partial charge is 0.251 e. The van der Waals surface area contributed by atoms with Crippen LogP contribution in [0.3, 0.4) is 0 Å². The maximum absolute atomic E-state index is 11.7. The summed E-state index contributed by atoms with van der Waals surface area (Å²) in [5.41, 5.74) is 2.64. The molecule has 0 radical (unpaired) electrons. The fourth-order valence-corrected chi connectivity index (χ4v) is 1.49. The Morgan fingerprint density at radius 3 is 2.53 bits per heavy atom. The molecule has 0 aliphatic heterocycles. The SMILES string of the molecule is Cc1cccc(C)c1C(=O)NCCC#N. The van der Waals surface area contributed by atoms with Gasteiger partial charge in [0.1, 0.15) is 0 Å². The first-order valence-corrected chi connectivity index (χ1v) is 4.88. The monoisotopic (exact) mass is 202 g/mol. The molecule has 0 bridgehead atoms. The van der Waals surface area contributed by atoms with E-state index in [2.05, 4.69) is 5.32 Å². The van der Waals surface area contributed by atoms with E-state index >= 15 is 0 Å². The van der Waals surface area contributed by atoms with Crippen molar-refractivity contribution in [3.05, 3.63) is 34.9 Å². The van der Waals surface area contributed by atoms with Gasteiger partial charge in [-0.05, 0) is 25.0 Å². The molecule has 1 aromatic rings. The molecule has 0 aliphatic carbocycles. The molecule has 1 aromatic carbocycles. The highest BCUT2D eigenvalue weighted by atomic mass is 16.1. The molecule has 0 fully saturated rings. The highest BCUT2D eigenvalue weighted by Gasteiger charge is 2.10. The zero-order valence-corrected chi connectivity index (χ0v) is 9.00. The summed E-state index contributed by atoms with van der Waals surface area (Å²) < 4.78 is 0. The van der Waals surface area contributed by atoms with Gasteiger partial charge < -0.3 is 5.32 Å². The summed E-state index contributed by atoms with van der Waals surface area (Å²) in [4.78, 5) is 11.7. The summed E-state index contributed by atoms with van der Waals surface area (Å²) in [5, 5.41) is 11.1. The minimum absolute atomic E-state index is 0.0964. The third-order valence-electron chi connectivity index (χ3n) is 2.23. The van der Waals surface area contributed by atoms with Crippen molar-refractivity contribution in [1.82, 2.24) is 5.32 Å². The second-order valence-corrected chi connectivity index (χ2v) is 3.43. The van der Waals surface area contributed by atoms with E-state index in [1.807, 2.05) is 38.1 Å². The van der Waals surface area contributed by atoms with Crippen LogP contribution in [-0.2, 0) is 0 Å². The molecule has 0 aliphatic rings. The van der Waals surface area contributed by atoms with E-state index in [0.29, 0.717) is 13.0 Å². The number of aryl methyl sites for hydroxylation is 2. The lowest BCUT2D eigenvalue weighted by atomic mass is 10.0. The van der Waals surface area contributed by atoms with E-state index in [0.717, 1.165) is 16.7 Å². The van der Waals surface area contributed by atoms with Gasteiger partial charge in [-0.15, -0.1) is 0 Å². The Balaban J connectivity index is 2.78. The molecule has 3 heteroatoms. The number of rotatable bonds is 3. The molecule has 0 unspecified atom stereocenters. The molecule has 0 saturated heterocycles. The Morgan fingerprint density at radius 2 is 2.00 bits per heavy atom. The second kappa shape index (κ2) is 5.16. The largest absolute Gasteiger partial charge is 0.351 e. The number of amides is 1. The molecule has 1 rings (SSSR count). The average Bonchev–Trinajstić information content (AvgIpc) is 2.18. The van der Waals surface area contributed by atoms with Gasteiger partial charge in [-0.25, -0.2) is 0 Å². The summed E-state index contributed by atoms with van der Waals surface area (Å²) in [6.07, 6.45) is 0.344. The van der Waals surface area contributed by atoms with E-state index in [1.165, 1.54) is 0 Å². The standard InChI is InChI=1S/C12H14N2O/c1-9-5-3-6-10(2)11(9)12(15)14-8-4-7-13/h3,5-6H,4,8H2,1-2H3,(H,14,15). The van der Waals surface area contributed by atoms with Gasteiger partial charge >= 0.3 is 0 Å². The predicted molar refractivity (Wildman–Crippen MR) is 58.5 cm³/mol. The minimum Gasteiger partial charge on any atom is -0.351 e. The van der Waals surface area contributed by atoms with Gasteiger partial charge in [0.25, 0.3) is 5.91 Å². The average molecular weight is 202 g/mol. The first-order valence-electron chi connectivity index (χ1n) is 4.88. The van der Waals surface area contributed by atoms with Crippen LogP contribution in [0.1, 0.15) is 27.9 Å². The molecule has 78 valence electrons. The van der Waals surface area contributed by atoms with E-state index in [1.54, 1.807) is 0 Å². The summed E-state index contributed by atoms with van der Waals surface area (Å²) >= 11 is 0. The van der Waals surface area contributed by atoms with Gasteiger partial charge in [-0.3, -0.25) is 4.79 Å². The summed E-state index contributed by atoms with van der Waals surface area (Å²) in [6, 6.07) is 7.73. The Labute approximate surface area is 89.7 Å². The number of benzene rings is 1. The molecular weight excluding hydrogens is 188 g/mol. The summed E-state index contributed by atoms with van der Waals surface area (Å²) in [5.74, 6) is -0.0964. The van der Waals surface area contributed by atoms with Gasteiger partial charge in [0.05, 0.1) is 12.5 Å². The topological polar surface area (TPSA) is 52.9 Å². The lowest BCUT2D eigenvalue weighted by Crippen LogP contribution is -2.25. The minimum atomic E-state index is -0.0964. The molecule has 0 saturated carbocycles. The van der Waals surface area contributed by atoms with Crippen LogP contribution in [-0.4, -0.2) is 12.5 Å². The van der Waals surface area contributed by atoms with Crippen LogP contribution in [0.4, 0.5) is 0 Å². The van der Waals surface area contributed by atoms with Crippen LogP contribution < -0.4 is 5.32 Å². The normalized spacial score (nSPS) is 9.40. The van der Waals surface area contributed by atoms with Crippen LogP contribution in [0.25, 0.3) is 0 Å². The van der Waals surface area contributed by atoms with E-state index in [-0.39, 0.29) is 5.91 Å². The van der Waals surface area contributed by atoms with Crippen molar-refractivity contribution < 1.29 is 4.79 Å². The zero-order chi connectivity index (χ0) is 11.3. The quantitative estimate of drug-likeness (QED) is 0.761. The Morgan fingerprint density at radius 1 is 1.40 bits per heavy atom. The van der Waals surface area contributed by atoms with E-state index < -0.39 is 0 Å². The maximum atomic E-state index is 11.7. The molecule has 1 amide bonds. The van der Waals surface area contributed by atoms with E-state index in [9.17, 15) is 4.79 Å². The van der Waals surface area contributed by atoms with Crippen molar-refractivity contribution in [3.8, 4) is 6.07 Å². The van der Waals surface area contributed by atoms with Crippen LogP contribution in [0, 0.1) is 25.2 Å². The molecule has 0 spiro atoms. The molecule has 1 N–H and O–H groups in total.